The van der Waals surface area contributed by atoms with E-state index < -0.39 is 0 Å². The molecule has 0 spiro atoms. The van der Waals surface area contributed by atoms with Crippen molar-refractivity contribution in [3.05, 3.63) is 81.9 Å². The molecule has 0 aliphatic rings. The van der Waals surface area contributed by atoms with Gasteiger partial charge < -0.3 is 10.6 Å². The fourth-order valence-electron chi connectivity index (χ4n) is 2.64. The average Bonchev–Trinajstić information content (AvgIpc) is 2.66. The van der Waals surface area contributed by atoms with E-state index in [4.69, 9.17) is 11.6 Å². The minimum Gasteiger partial charge on any atom is -0.350 e. The molecule has 0 atom stereocenters. The molecule has 144 valence electrons. The van der Waals surface area contributed by atoms with E-state index in [-0.39, 0.29) is 17.4 Å². The van der Waals surface area contributed by atoms with Crippen LogP contribution in [0.5, 0.6) is 0 Å². The van der Waals surface area contributed by atoms with Crippen LogP contribution in [0.2, 0.25) is 5.02 Å². The minimum atomic E-state index is -0.341. The number of nitrogens with one attached hydrogen (secondary N) is 2. The van der Waals surface area contributed by atoms with Gasteiger partial charge in [-0.2, -0.15) is 0 Å². The van der Waals surface area contributed by atoms with Gasteiger partial charge in [-0.3, -0.25) is 4.79 Å². The fourth-order valence-corrected chi connectivity index (χ4v) is 2.82. The molecule has 3 aromatic rings. The highest BCUT2D eigenvalue weighted by Gasteiger charge is 2.11. The first-order valence-electron chi connectivity index (χ1n) is 8.83. The molecule has 0 unspecified atom stereocenters. The van der Waals surface area contributed by atoms with Gasteiger partial charge in [0.05, 0.1) is 0 Å². The number of anilines is 2. The molecule has 1 aromatic heterocycles. The van der Waals surface area contributed by atoms with Gasteiger partial charge in [-0.1, -0.05) is 35.9 Å². The maximum Gasteiger partial charge on any atom is 0.270 e. The van der Waals surface area contributed by atoms with Gasteiger partial charge in [-0.25, -0.2) is 14.4 Å². The summed E-state index contributed by atoms with van der Waals surface area (Å²) in [5.41, 5.74) is 3.14. The van der Waals surface area contributed by atoms with E-state index in [2.05, 4.69) is 20.6 Å². The van der Waals surface area contributed by atoms with Crippen LogP contribution in [-0.2, 0) is 6.42 Å². The number of halogens is 2. The molecular formula is C21H20ClFN4O. The van der Waals surface area contributed by atoms with Crippen molar-refractivity contribution in [2.75, 3.05) is 11.9 Å². The predicted molar refractivity (Wildman–Crippen MR) is 109 cm³/mol. The maximum atomic E-state index is 13.7. The monoisotopic (exact) mass is 398 g/mol. The lowest BCUT2D eigenvalue weighted by atomic mass is 10.1. The maximum absolute atomic E-state index is 13.7. The number of hydrogen-bond donors (Lipinski definition) is 2. The zero-order valence-electron chi connectivity index (χ0n) is 15.6. The predicted octanol–water partition coefficient (Wildman–Crippen LogP) is 4.60. The Morgan fingerprint density at radius 1 is 1.11 bits per heavy atom. The van der Waals surface area contributed by atoms with Crippen LogP contribution in [0.15, 0.2) is 48.5 Å². The van der Waals surface area contributed by atoms with Crippen LogP contribution in [-0.4, -0.2) is 22.4 Å². The molecule has 0 aliphatic carbocycles. The van der Waals surface area contributed by atoms with E-state index in [9.17, 15) is 9.18 Å². The van der Waals surface area contributed by atoms with Crippen molar-refractivity contribution in [3.8, 4) is 0 Å². The highest BCUT2D eigenvalue weighted by molar-refractivity contribution is 6.31. The number of carbonyl (C=O) groups is 1. The topological polar surface area (TPSA) is 66.9 Å². The van der Waals surface area contributed by atoms with Crippen molar-refractivity contribution in [1.82, 2.24) is 15.3 Å². The summed E-state index contributed by atoms with van der Waals surface area (Å²) in [5.74, 6) is -0.316. The van der Waals surface area contributed by atoms with Gasteiger partial charge in [0, 0.05) is 22.9 Å². The lowest BCUT2D eigenvalue weighted by molar-refractivity contribution is 0.0949. The van der Waals surface area contributed by atoms with Gasteiger partial charge in [-0.15, -0.1) is 0 Å². The molecule has 0 saturated heterocycles. The zero-order chi connectivity index (χ0) is 20.1. The highest BCUT2D eigenvalue weighted by atomic mass is 35.5. The smallest absolute Gasteiger partial charge is 0.270 e. The van der Waals surface area contributed by atoms with Gasteiger partial charge in [0.2, 0.25) is 5.95 Å². The third kappa shape index (κ3) is 5.04. The van der Waals surface area contributed by atoms with Gasteiger partial charge in [-0.05, 0) is 55.7 Å². The minimum absolute atomic E-state index is 0.238. The standard InChI is InChI=1S/C21H20ClFN4O/c1-13-7-8-16(12-17(13)22)26-21-25-14(2)11-19(27-21)20(28)24-10-9-15-5-3-4-6-18(15)23/h3-8,11-12H,9-10H2,1-2H3,(H,24,28)(H,25,26,27). The Labute approximate surface area is 168 Å². The average molecular weight is 399 g/mol. The molecule has 0 saturated carbocycles. The van der Waals surface area contributed by atoms with Crippen molar-refractivity contribution < 1.29 is 9.18 Å². The van der Waals surface area contributed by atoms with E-state index in [1.54, 1.807) is 37.3 Å². The van der Waals surface area contributed by atoms with Gasteiger partial charge in [0.1, 0.15) is 11.5 Å². The van der Waals surface area contributed by atoms with Gasteiger partial charge in [0.25, 0.3) is 5.91 Å². The van der Waals surface area contributed by atoms with Crippen molar-refractivity contribution in [1.29, 1.82) is 0 Å². The molecular weight excluding hydrogens is 379 g/mol. The van der Waals surface area contributed by atoms with Crippen molar-refractivity contribution >= 4 is 29.1 Å². The molecule has 1 heterocycles. The lowest BCUT2D eigenvalue weighted by Crippen LogP contribution is -2.27. The second kappa shape index (κ2) is 8.80. The van der Waals surface area contributed by atoms with E-state index in [0.29, 0.717) is 35.2 Å². The van der Waals surface area contributed by atoms with E-state index in [1.165, 1.54) is 6.07 Å². The Morgan fingerprint density at radius 2 is 1.89 bits per heavy atom. The van der Waals surface area contributed by atoms with Gasteiger partial charge >= 0.3 is 0 Å². The summed E-state index contributed by atoms with van der Waals surface area (Å²) in [4.78, 5) is 21.0. The Balaban J connectivity index is 1.67. The first-order valence-corrected chi connectivity index (χ1v) is 9.20. The Morgan fingerprint density at radius 3 is 2.64 bits per heavy atom. The molecule has 1 amide bonds. The third-order valence-corrected chi connectivity index (χ3v) is 4.56. The third-order valence-electron chi connectivity index (χ3n) is 4.15. The molecule has 0 fully saturated rings. The normalized spacial score (nSPS) is 10.6. The van der Waals surface area contributed by atoms with Crippen LogP contribution in [0, 0.1) is 19.7 Å². The fraction of sp³-hybridized carbons (Fsp3) is 0.190. The molecule has 28 heavy (non-hydrogen) atoms. The molecule has 0 radical (unpaired) electrons. The van der Waals surface area contributed by atoms with Crippen LogP contribution < -0.4 is 10.6 Å². The van der Waals surface area contributed by atoms with Crippen LogP contribution in [0.25, 0.3) is 0 Å². The molecule has 0 bridgehead atoms. The second-order valence-electron chi connectivity index (χ2n) is 6.40. The Kier molecular flexibility index (Phi) is 6.21. The summed E-state index contributed by atoms with van der Waals surface area (Å²) in [6, 6.07) is 13.6. The number of hydrogen-bond acceptors (Lipinski definition) is 4. The Bertz CT molecular complexity index is 1010. The number of benzene rings is 2. The van der Waals surface area contributed by atoms with Crippen LogP contribution in [0.3, 0.4) is 0 Å². The molecule has 7 heteroatoms. The van der Waals surface area contributed by atoms with E-state index in [0.717, 1.165) is 11.3 Å². The lowest BCUT2D eigenvalue weighted by Gasteiger charge is -2.10. The van der Waals surface area contributed by atoms with Crippen molar-refractivity contribution in [2.45, 2.75) is 20.3 Å². The van der Waals surface area contributed by atoms with Crippen molar-refractivity contribution in [2.24, 2.45) is 0 Å². The number of carbonyl (C=O) groups excluding carboxylic acids is 1. The summed E-state index contributed by atoms with van der Waals surface area (Å²) in [6.07, 6.45) is 0.398. The highest BCUT2D eigenvalue weighted by Crippen LogP contribution is 2.22. The molecule has 2 aromatic carbocycles. The summed E-state index contributed by atoms with van der Waals surface area (Å²) in [5, 5.41) is 6.45. The Hall–Kier alpha value is -2.99. The quantitative estimate of drug-likeness (QED) is 0.636. The largest absolute Gasteiger partial charge is 0.350 e. The molecule has 3 rings (SSSR count). The summed E-state index contributed by atoms with van der Waals surface area (Å²) in [7, 11) is 0. The van der Waals surface area contributed by atoms with E-state index in [1.807, 2.05) is 19.1 Å². The number of aromatic nitrogens is 2. The summed E-state index contributed by atoms with van der Waals surface area (Å²) >= 11 is 6.14. The summed E-state index contributed by atoms with van der Waals surface area (Å²) < 4.78 is 13.7. The summed E-state index contributed by atoms with van der Waals surface area (Å²) in [6.45, 7) is 4.00. The number of rotatable bonds is 6. The second-order valence-corrected chi connectivity index (χ2v) is 6.81. The first kappa shape index (κ1) is 19.8. The van der Waals surface area contributed by atoms with Crippen LogP contribution >= 0.6 is 11.6 Å². The van der Waals surface area contributed by atoms with Crippen molar-refractivity contribution in [3.63, 3.8) is 0 Å². The number of amides is 1. The SMILES string of the molecule is Cc1cc(C(=O)NCCc2ccccc2F)nc(Nc2ccc(C)c(Cl)c2)n1. The molecule has 5 nitrogen and oxygen atoms in total. The van der Waals surface area contributed by atoms with E-state index >= 15 is 0 Å². The number of nitrogens with zero attached hydrogens (tertiary/aromatic N) is 2. The first-order chi connectivity index (χ1) is 13.4. The zero-order valence-corrected chi connectivity index (χ0v) is 16.3. The molecule has 2 N–H and O–H groups in total. The molecule has 0 aliphatic heterocycles. The van der Waals surface area contributed by atoms with Crippen LogP contribution in [0.4, 0.5) is 16.0 Å². The number of aryl methyl sites for hydroxylation is 2. The van der Waals surface area contributed by atoms with Gasteiger partial charge in [0.15, 0.2) is 0 Å². The van der Waals surface area contributed by atoms with Crippen LogP contribution in [0.1, 0.15) is 27.3 Å².